The zero-order chi connectivity index (χ0) is 11.1. The van der Waals surface area contributed by atoms with E-state index in [0.29, 0.717) is 10.6 Å². The molecule has 0 atom stereocenters. The Morgan fingerprint density at radius 2 is 2.20 bits per heavy atom. The summed E-state index contributed by atoms with van der Waals surface area (Å²) in [4.78, 5) is 0. The van der Waals surface area contributed by atoms with Gasteiger partial charge in [0.25, 0.3) is 0 Å². The fraction of sp³-hybridized carbons (Fsp3) is 0.364. The van der Waals surface area contributed by atoms with E-state index in [1.165, 1.54) is 0 Å². The van der Waals surface area contributed by atoms with Gasteiger partial charge in [-0.3, -0.25) is 0 Å². The molecule has 0 unspecified atom stereocenters. The number of nitriles is 1. The molecule has 0 aliphatic heterocycles. The first kappa shape index (κ1) is 11.8. The number of hydrogen-bond acceptors (Lipinski definition) is 3. The van der Waals surface area contributed by atoms with Gasteiger partial charge < -0.3 is 10.6 Å². The van der Waals surface area contributed by atoms with Gasteiger partial charge in [0, 0.05) is 18.1 Å². The molecule has 0 saturated heterocycles. The van der Waals surface area contributed by atoms with Crippen LogP contribution in [-0.2, 0) is 0 Å². The monoisotopic (exact) mass is 223 g/mol. The van der Waals surface area contributed by atoms with Crippen LogP contribution < -0.4 is 10.6 Å². The van der Waals surface area contributed by atoms with E-state index in [-0.39, 0.29) is 0 Å². The predicted molar refractivity (Wildman–Crippen MR) is 63.2 cm³/mol. The highest BCUT2D eigenvalue weighted by atomic mass is 35.5. The van der Waals surface area contributed by atoms with Gasteiger partial charge in [-0.15, -0.1) is 0 Å². The Balaban J connectivity index is 2.57. The molecule has 1 aromatic rings. The summed E-state index contributed by atoms with van der Waals surface area (Å²) in [6, 6.07) is 7.38. The van der Waals surface area contributed by atoms with Crippen LogP contribution in [-0.4, -0.2) is 19.6 Å². The molecule has 0 aliphatic rings. The van der Waals surface area contributed by atoms with Gasteiger partial charge in [-0.1, -0.05) is 18.5 Å². The fourth-order valence-corrected chi connectivity index (χ4v) is 1.40. The van der Waals surface area contributed by atoms with Crippen LogP contribution in [0.2, 0.25) is 5.02 Å². The van der Waals surface area contributed by atoms with Crippen LogP contribution in [0.1, 0.15) is 12.5 Å². The smallest absolute Gasteiger partial charge is 0.101 e. The summed E-state index contributed by atoms with van der Waals surface area (Å²) in [6.07, 6.45) is 0. The Bertz CT molecular complexity index is 357. The van der Waals surface area contributed by atoms with Gasteiger partial charge in [0.05, 0.1) is 11.3 Å². The van der Waals surface area contributed by atoms with Crippen molar-refractivity contribution < 1.29 is 0 Å². The van der Waals surface area contributed by atoms with Gasteiger partial charge >= 0.3 is 0 Å². The molecule has 2 N–H and O–H groups in total. The normalized spacial score (nSPS) is 9.67. The number of halogens is 1. The highest BCUT2D eigenvalue weighted by Gasteiger charge is 2.01. The van der Waals surface area contributed by atoms with Crippen molar-refractivity contribution in [2.75, 3.05) is 25.0 Å². The van der Waals surface area contributed by atoms with Crippen molar-refractivity contribution in [3.8, 4) is 6.07 Å². The molecule has 0 amide bonds. The number of hydrogen-bond donors (Lipinski definition) is 2. The van der Waals surface area contributed by atoms with Crippen LogP contribution in [0.5, 0.6) is 0 Å². The molecule has 0 radical (unpaired) electrons. The van der Waals surface area contributed by atoms with Crippen LogP contribution in [0.3, 0.4) is 0 Å². The number of nitrogens with zero attached hydrogens (tertiary/aromatic N) is 1. The maximum atomic E-state index is 8.88. The first-order valence-corrected chi connectivity index (χ1v) is 5.30. The Morgan fingerprint density at radius 1 is 1.40 bits per heavy atom. The molecule has 0 fully saturated rings. The van der Waals surface area contributed by atoms with E-state index in [9.17, 15) is 0 Å². The van der Waals surface area contributed by atoms with Crippen LogP contribution in [0.15, 0.2) is 18.2 Å². The van der Waals surface area contributed by atoms with Crippen LogP contribution in [0.25, 0.3) is 0 Å². The highest BCUT2D eigenvalue weighted by Crippen LogP contribution is 2.19. The molecule has 80 valence electrons. The standard InChI is InChI=1S/C11H14ClN3/c1-2-14-5-6-15-11-4-3-10(12)7-9(11)8-13/h3-4,7,14-15H,2,5-6H2,1H3. The van der Waals surface area contributed by atoms with Gasteiger partial charge in [0.2, 0.25) is 0 Å². The zero-order valence-corrected chi connectivity index (χ0v) is 9.43. The van der Waals surface area contributed by atoms with E-state index < -0.39 is 0 Å². The predicted octanol–water partition coefficient (Wildman–Crippen LogP) is 2.23. The Kier molecular flexibility index (Phi) is 4.96. The van der Waals surface area contributed by atoms with Crippen molar-refractivity contribution in [1.29, 1.82) is 5.26 Å². The lowest BCUT2D eigenvalue weighted by atomic mass is 10.2. The quantitative estimate of drug-likeness (QED) is 0.753. The first-order valence-electron chi connectivity index (χ1n) is 4.92. The highest BCUT2D eigenvalue weighted by molar-refractivity contribution is 6.30. The maximum absolute atomic E-state index is 8.88. The molecular weight excluding hydrogens is 210 g/mol. The van der Waals surface area contributed by atoms with Crippen LogP contribution in [0.4, 0.5) is 5.69 Å². The second-order valence-electron chi connectivity index (χ2n) is 3.08. The second kappa shape index (κ2) is 6.28. The molecule has 0 bridgehead atoms. The van der Waals surface area contributed by atoms with Gasteiger partial charge in [0.15, 0.2) is 0 Å². The van der Waals surface area contributed by atoms with Crippen molar-refractivity contribution in [2.45, 2.75) is 6.92 Å². The molecule has 1 aromatic carbocycles. The van der Waals surface area contributed by atoms with Crippen molar-refractivity contribution in [1.82, 2.24) is 5.32 Å². The summed E-state index contributed by atoms with van der Waals surface area (Å²) < 4.78 is 0. The number of benzene rings is 1. The van der Waals surface area contributed by atoms with Crippen molar-refractivity contribution in [3.05, 3.63) is 28.8 Å². The number of nitrogens with one attached hydrogen (secondary N) is 2. The zero-order valence-electron chi connectivity index (χ0n) is 8.68. The number of anilines is 1. The van der Waals surface area contributed by atoms with Crippen LogP contribution >= 0.6 is 11.6 Å². The van der Waals surface area contributed by atoms with E-state index in [2.05, 4.69) is 23.6 Å². The third-order valence-corrected chi connectivity index (χ3v) is 2.20. The van der Waals surface area contributed by atoms with E-state index in [0.717, 1.165) is 25.3 Å². The summed E-state index contributed by atoms with van der Waals surface area (Å²) in [5.41, 5.74) is 1.42. The minimum atomic E-state index is 0.582. The Hall–Kier alpha value is -1.24. The molecule has 1 rings (SSSR count). The van der Waals surface area contributed by atoms with Gasteiger partial charge in [0.1, 0.15) is 6.07 Å². The van der Waals surface area contributed by atoms with Crippen molar-refractivity contribution in [3.63, 3.8) is 0 Å². The number of likely N-dealkylation sites (N-methyl/N-ethyl adjacent to an activating group) is 1. The van der Waals surface area contributed by atoms with Crippen LogP contribution in [0, 0.1) is 11.3 Å². The van der Waals surface area contributed by atoms with E-state index in [1.54, 1.807) is 12.1 Å². The lowest BCUT2D eigenvalue weighted by molar-refractivity contribution is 0.739. The SMILES string of the molecule is CCNCCNc1ccc(Cl)cc1C#N. The summed E-state index contributed by atoms with van der Waals surface area (Å²) >= 11 is 5.79. The molecule has 0 heterocycles. The van der Waals surface area contributed by atoms with E-state index in [1.807, 2.05) is 6.07 Å². The maximum Gasteiger partial charge on any atom is 0.101 e. The molecule has 0 spiro atoms. The number of rotatable bonds is 5. The molecular formula is C11H14ClN3. The second-order valence-corrected chi connectivity index (χ2v) is 3.52. The summed E-state index contributed by atoms with van der Waals surface area (Å²) in [5, 5.41) is 15.8. The molecule has 0 aromatic heterocycles. The average molecular weight is 224 g/mol. The lowest BCUT2D eigenvalue weighted by Crippen LogP contribution is -2.21. The third kappa shape index (κ3) is 3.78. The molecule has 0 saturated carbocycles. The Morgan fingerprint density at radius 3 is 2.87 bits per heavy atom. The molecule has 4 heteroatoms. The largest absolute Gasteiger partial charge is 0.383 e. The third-order valence-electron chi connectivity index (χ3n) is 1.97. The minimum absolute atomic E-state index is 0.582. The average Bonchev–Trinajstić information content (AvgIpc) is 2.26. The Labute approximate surface area is 95.1 Å². The first-order chi connectivity index (χ1) is 7.27. The van der Waals surface area contributed by atoms with Crippen molar-refractivity contribution in [2.24, 2.45) is 0 Å². The lowest BCUT2D eigenvalue weighted by Gasteiger charge is -2.08. The van der Waals surface area contributed by atoms with Gasteiger partial charge in [-0.25, -0.2) is 0 Å². The topological polar surface area (TPSA) is 47.8 Å². The molecule has 3 nitrogen and oxygen atoms in total. The fourth-order valence-electron chi connectivity index (χ4n) is 1.23. The van der Waals surface area contributed by atoms with E-state index in [4.69, 9.17) is 16.9 Å². The molecule has 15 heavy (non-hydrogen) atoms. The van der Waals surface area contributed by atoms with E-state index >= 15 is 0 Å². The van der Waals surface area contributed by atoms with Gasteiger partial charge in [-0.05, 0) is 24.7 Å². The molecule has 0 aliphatic carbocycles. The minimum Gasteiger partial charge on any atom is -0.383 e. The van der Waals surface area contributed by atoms with Gasteiger partial charge in [-0.2, -0.15) is 5.26 Å². The van der Waals surface area contributed by atoms with Crippen molar-refractivity contribution >= 4 is 17.3 Å². The summed E-state index contributed by atoms with van der Waals surface area (Å²) in [7, 11) is 0. The summed E-state index contributed by atoms with van der Waals surface area (Å²) in [5.74, 6) is 0. The summed E-state index contributed by atoms with van der Waals surface area (Å²) in [6.45, 7) is 4.69.